The van der Waals surface area contributed by atoms with Crippen molar-refractivity contribution >= 4 is 22.5 Å². The molecule has 0 aliphatic carbocycles. The molecule has 1 aromatic carbocycles. The molecule has 0 bridgehead atoms. The first-order chi connectivity index (χ1) is 10.5. The second-order valence-corrected chi connectivity index (χ2v) is 6.75. The topological polar surface area (TPSA) is 63.1 Å². The van der Waals surface area contributed by atoms with E-state index < -0.39 is 0 Å². The normalized spacial score (nSPS) is 16.6. The van der Waals surface area contributed by atoms with Crippen LogP contribution in [0, 0.1) is 0 Å². The summed E-state index contributed by atoms with van der Waals surface area (Å²) in [6, 6.07) is 5.61. The van der Waals surface area contributed by atoms with E-state index in [4.69, 9.17) is 9.47 Å². The molecular formula is C16H24N2O3S. The zero-order valence-corrected chi connectivity index (χ0v) is 14.2. The van der Waals surface area contributed by atoms with Gasteiger partial charge in [-0.25, -0.2) is 0 Å². The van der Waals surface area contributed by atoms with Crippen LogP contribution < -0.4 is 5.32 Å². The molecule has 0 spiro atoms. The van der Waals surface area contributed by atoms with E-state index >= 15 is 0 Å². The van der Waals surface area contributed by atoms with Crippen molar-refractivity contribution in [3.8, 4) is 5.75 Å². The molecule has 22 heavy (non-hydrogen) atoms. The van der Waals surface area contributed by atoms with Crippen molar-refractivity contribution in [2.45, 2.75) is 19.4 Å². The lowest BCUT2D eigenvalue weighted by Crippen LogP contribution is -2.15. The number of nitrogens with one attached hydrogen (secondary N) is 1. The minimum atomic E-state index is -0.0527. The van der Waals surface area contributed by atoms with Crippen LogP contribution in [0.25, 0.3) is 0 Å². The Hall–Kier alpha value is -1.24. The Kier molecular flexibility index (Phi) is 6.11. The highest BCUT2D eigenvalue weighted by Gasteiger charge is 2.27. The van der Waals surface area contributed by atoms with E-state index in [2.05, 4.69) is 24.2 Å². The van der Waals surface area contributed by atoms with Gasteiger partial charge in [0, 0.05) is 36.7 Å². The van der Waals surface area contributed by atoms with Gasteiger partial charge in [0.25, 0.3) is 0 Å². The highest BCUT2D eigenvalue weighted by atomic mass is 32.2. The van der Waals surface area contributed by atoms with E-state index in [-0.39, 0.29) is 11.3 Å². The van der Waals surface area contributed by atoms with Crippen LogP contribution in [0.4, 0.5) is 5.69 Å². The van der Waals surface area contributed by atoms with Crippen LogP contribution in [-0.4, -0.2) is 54.9 Å². The monoisotopic (exact) mass is 324 g/mol. The summed E-state index contributed by atoms with van der Waals surface area (Å²) in [6.45, 7) is 6.68. The molecule has 0 saturated heterocycles. The average Bonchev–Trinajstić information content (AvgIpc) is 2.83. The lowest BCUT2D eigenvalue weighted by atomic mass is 10.1. The zero-order chi connectivity index (χ0) is 16.0. The standard InChI is InChI=1S/C16H24N2O3S/c1-16(2)11-22-15(18-16)13-5-4-12(10-14(13)19)17-6-7-21-9-8-20-3/h4-5,10,17,19H,6-9,11H2,1-3H3. The van der Waals surface area contributed by atoms with Crippen LogP contribution in [0.1, 0.15) is 19.4 Å². The van der Waals surface area contributed by atoms with E-state index in [1.165, 1.54) is 0 Å². The third-order valence-electron chi connectivity index (χ3n) is 3.20. The summed E-state index contributed by atoms with van der Waals surface area (Å²) in [5.41, 5.74) is 1.63. The predicted molar refractivity (Wildman–Crippen MR) is 92.4 cm³/mol. The Morgan fingerprint density at radius 1 is 1.32 bits per heavy atom. The van der Waals surface area contributed by atoms with Crippen LogP contribution in [0.5, 0.6) is 5.75 Å². The quantitative estimate of drug-likeness (QED) is 0.720. The van der Waals surface area contributed by atoms with Gasteiger partial charge in [-0.1, -0.05) is 0 Å². The number of thioether (sulfide) groups is 1. The Balaban J connectivity index is 1.88. The number of phenols is 1. The Morgan fingerprint density at radius 3 is 2.77 bits per heavy atom. The molecule has 0 radical (unpaired) electrons. The number of anilines is 1. The summed E-state index contributed by atoms with van der Waals surface area (Å²) < 4.78 is 10.3. The molecule has 0 atom stereocenters. The molecule has 1 aliphatic heterocycles. The van der Waals surface area contributed by atoms with Crippen LogP contribution in [0.3, 0.4) is 0 Å². The van der Waals surface area contributed by atoms with E-state index in [0.717, 1.165) is 22.0 Å². The molecule has 0 amide bonds. The molecule has 6 heteroatoms. The van der Waals surface area contributed by atoms with E-state index in [9.17, 15) is 5.11 Å². The minimum Gasteiger partial charge on any atom is -0.507 e. The third-order valence-corrected chi connectivity index (χ3v) is 4.64. The molecule has 1 aliphatic rings. The van der Waals surface area contributed by atoms with Crippen LogP contribution >= 0.6 is 11.8 Å². The van der Waals surface area contributed by atoms with E-state index in [1.54, 1.807) is 24.9 Å². The fourth-order valence-electron chi connectivity index (χ4n) is 2.06. The molecule has 0 fully saturated rings. The second-order valence-electron chi connectivity index (χ2n) is 5.78. The third kappa shape index (κ3) is 4.90. The van der Waals surface area contributed by atoms with Crippen molar-refractivity contribution in [3.05, 3.63) is 23.8 Å². The molecule has 2 rings (SSSR count). The highest BCUT2D eigenvalue weighted by molar-refractivity contribution is 8.14. The summed E-state index contributed by atoms with van der Waals surface area (Å²) in [4.78, 5) is 4.65. The number of ether oxygens (including phenoxy) is 2. The molecule has 1 aromatic rings. The largest absolute Gasteiger partial charge is 0.507 e. The van der Waals surface area contributed by atoms with Gasteiger partial charge in [0.2, 0.25) is 0 Å². The van der Waals surface area contributed by atoms with Gasteiger partial charge in [-0.05, 0) is 26.0 Å². The molecule has 1 heterocycles. The summed E-state index contributed by atoms with van der Waals surface area (Å²) in [7, 11) is 1.65. The average molecular weight is 324 g/mol. The van der Waals surface area contributed by atoms with Crippen molar-refractivity contribution in [1.82, 2.24) is 0 Å². The van der Waals surface area contributed by atoms with Gasteiger partial charge in [0.15, 0.2) is 0 Å². The highest BCUT2D eigenvalue weighted by Crippen LogP contribution is 2.34. The Bertz CT molecular complexity index is 532. The fraction of sp³-hybridized carbons (Fsp3) is 0.562. The predicted octanol–water partition coefficient (Wildman–Crippen LogP) is 2.74. The second kappa shape index (κ2) is 7.85. The molecule has 2 N–H and O–H groups in total. The van der Waals surface area contributed by atoms with E-state index in [1.807, 2.05) is 12.1 Å². The summed E-state index contributed by atoms with van der Waals surface area (Å²) in [5, 5.41) is 14.4. The Labute approximate surface area is 136 Å². The van der Waals surface area contributed by atoms with Gasteiger partial charge in [-0.3, -0.25) is 4.99 Å². The van der Waals surface area contributed by atoms with Crippen LogP contribution in [-0.2, 0) is 9.47 Å². The van der Waals surface area contributed by atoms with E-state index in [0.29, 0.717) is 26.4 Å². The Morgan fingerprint density at radius 2 is 2.14 bits per heavy atom. The fourth-order valence-corrected chi connectivity index (χ4v) is 3.25. The number of aliphatic imine (C=N–C) groups is 1. The summed E-state index contributed by atoms with van der Waals surface area (Å²) >= 11 is 1.69. The van der Waals surface area contributed by atoms with Crippen LogP contribution in [0.15, 0.2) is 23.2 Å². The lowest BCUT2D eigenvalue weighted by Gasteiger charge is -2.10. The molecule has 0 aromatic heterocycles. The van der Waals surface area contributed by atoms with Crippen molar-refractivity contribution < 1.29 is 14.6 Å². The maximum Gasteiger partial charge on any atom is 0.127 e. The number of aromatic hydroxyl groups is 1. The minimum absolute atomic E-state index is 0.0527. The first-order valence-electron chi connectivity index (χ1n) is 7.38. The maximum atomic E-state index is 10.2. The number of phenolic OH excluding ortho intramolecular Hbond substituents is 1. The molecule has 0 unspecified atom stereocenters. The van der Waals surface area contributed by atoms with Gasteiger partial charge in [-0.15, -0.1) is 11.8 Å². The van der Waals surface area contributed by atoms with Crippen molar-refractivity contribution in [2.75, 3.05) is 44.5 Å². The van der Waals surface area contributed by atoms with Crippen molar-refractivity contribution in [1.29, 1.82) is 0 Å². The van der Waals surface area contributed by atoms with Gasteiger partial charge >= 0.3 is 0 Å². The molecular weight excluding hydrogens is 300 g/mol. The van der Waals surface area contributed by atoms with Gasteiger partial charge in [-0.2, -0.15) is 0 Å². The molecule has 0 saturated carbocycles. The number of methoxy groups -OCH3 is 1. The number of hydrogen-bond acceptors (Lipinski definition) is 6. The van der Waals surface area contributed by atoms with Crippen molar-refractivity contribution in [3.63, 3.8) is 0 Å². The smallest absolute Gasteiger partial charge is 0.127 e. The first-order valence-corrected chi connectivity index (χ1v) is 8.37. The summed E-state index contributed by atoms with van der Waals surface area (Å²) in [5.74, 6) is 1.20. The number of rotatable bonds is 8. The van der Waals surface area contributed by atoms with Crippen molar-refractivity contribution in [2.24, 2.45) is 4.99 Å². The summed E-state index contributed by atoms with van der Waals surface area (Å²) in [6.07, 6.45) is 0. The van der Waals surface area contributed by atoms with Crippen LogP contribution in [0.2, 0.25) is 0 Å². The first kappa shape index (κ1) is 17.1. The number of benzene rings is 1. The molecule has 5 nitrogen and oxygen atoms in total. The zero-order valence-electron chi connectivity index (χ0n) is 13.4. The molecule has 122 valence electrons. The maximum absolute atomic E-state index is 10.2. The van der Waals surface area contributed by atoms with Gasteiger partial charge < -0.3 is 19.9 Å². The number of nitrogens with zero attached hydrogens (tertiary/aromatic N) is 1. The SMILES string of the molecule is COCCOCCNc1ccc(C2=NC(C)(C)CS2)c(O)c1. The lowest BCUT2D eigenvalue weighted by molar-refractivity contribution is 0.0759. The van der Waals surface area contributed by atoms with Gasteiger partial charge in [0.05, 0.1) is 25.4 Å². The van der Waals surface area contributed by atoms with Gasteiger partial charge in [0.1, 0.15) is 10.8 Å². The number of hydrogen-bond donors (Lipinski definition) is 2.